The first kappa shape index (κ1) is 6.80. The molecule has 1 fully saturated rings. The van der Waals surface area contributed by atoms with Gasteiger partial charge in [-0.1, -0.05) is 0 Å². The molecule has 2 N–H and O–H groups in total. The van der Waals surface area contributed by atoms with Crippen LogP contribution in [0, 0.1) is 0 Å². The van der Waals surface area contributed by atoms with Gasteiger partial charge in [0.1, 0.15) is 0 Å². The van der Waals surface area contributed by atoms with Gasteiger partial charge < -0.3 is 5.73 Å². The zero-order chi connectivity index (χ0) is 7.56. The summed E-state index contributed by atoms with van der Waals surface area (Å²) in [6, 6.07) is 0. The minimum Gasteiger partial charge on any atom is -0.403 e. The quantitative estimate of drug-likeness (QED) is 0.502. The summed E-state index contributed by atoms with van der Waals surface area (Å²) in [6.07, 6.45) is 3.09. The average molecular weight is 140 g/mol. The first-order chi connectivity index (χ1) is 4.75. The van der Waals surface area contributed by atoms with Crippen molar-refractivity contribution in [3.8, 4) is 0 Å². The van der Waals surface area contributed by atoms with E-state index in [0.29, 0.717) is 12.8 Å². The number of hydrogen-bond donors (Lipinski definition) is 1. The summed E-state index contributed by atoms with van der Waals surface area (Å²) >= 11 is 0. The van der Waals surface area contributed by atoms with Crippen molar-refractivity contribution >= 4 is 11.8 Å². The van der Waals surface area contributed by atoms with Crippen LogP contribution in [0.2, 0.25) is 0 Å². The second kappa shape index (κ2) is 2.51. The summed E-state index contributed by atoms with van der Waals surface area (Å²) in [6.45, 7) is 0. The molecular weight excluding hydrogens is 132 g/mol. The Bertz CT molecular complexity index is 182. The van der Waals surface area contributed by atoms with E-state index in [9.17, 15) is 9.59 Å². The number of rotatable bonds is 1. The molecule has 0 saturated carbocycles. The van der Waals surface area contributed by atoms with Crippen molar-refractivity contribution in [1.82, 2.24) is 4.90 Å². The van der Waals surface area contributed by atoms with Gasteiger partial charge in [0.25, 0.3) is 0 Å². The van der Waals surface area contributed by atoms with Gasteiger partial charge in [-0.25, -0.2) is 0 Å². The fraction of sp³-hybridized carbons (Fsp3) is 0.333. The molecular formula is C6H8N2O2. The highest BCUT2D eigenvalue weighted by Gasteiger charge is 2.26. The maximum Gasteiger partial charge on any atom is 0.233 e. The molecule has 0 bridgehead atoms. The predicted molar refractivity (Wildman–Crippen MR) is 34.4 cm³/mol. The fourth-order valence-corrected chi connectivity index (χ4v) is 0.846. The number of carbonyl (C=O) groups excluding carboxylic acids is 2. The number of carbonyl (C=O) groups is 2. The Morgan fingerprint density at radius 1 is 1.30 bits per heavy atom. The van der Waals surface area contributed by atoms with Gasteiger partial charge in [-0.2, -0.15) is 0 Å². The van der Waals surface area contributed by atoms with Crippen LogP contribution in [-0.4, -0.2) is 16.7 Å². The van der Waals surface area contributed by atoms with Crippen LogP contribution < -0.4 is 5.73 Å². The van der Waals surface area contributed by atoms with E-state index >= 15 is 0 Å². The molecule has 0 aliphatic carbocycles. The van der Waals surface area contributed by atoms with Crippen molar-refractivity contribution in [2.24, 2.45) is 5.73 Å². The van der Waals surface area contributed by atoms with Crippen molar-refractivity contribution in [3.05, 3.63) is 12.4 Å². The fourth-order valence-electron chi connectivity index (χ4n) is 0.846. The van der Waals surface area contributed by atoms with Gasteiger partial charge in [0, 0.05) is 25.2 Å². The largest absolute Gasteiger partial charge is 0.403 e. The Morgan fingerprint density at radius 2 is 1.80 bits per heavy atom. The van der Waals surface area contributed by atoms with Crippen LogP contribution in [-0.2, 0) is 9.59 Å². The Morgan fingerprint density at radius 3 is 2.20 bits per heavy atom. The molecule has 0 spiro atoms. The highest BCUT2D eigenvalue weighted by molar-refractivity contribution is 6.02. The molecule has 0 aromatic heterocycles. The molecule has 1 rings (SSSR count). The van der Waals surface area contributed by atoms with E-state index in [4.69, 9.17) is 5.73 Å². The number of likely N-dealkylation sites (tertiary alicyclic amines) is 1. The minimum atomic E-state index is -0.174. The molecule has 10 heavy (non-hydrogen) atoms. The summed E-state index contributed by atoms with van der Waals surface area (Å²) in [7, 11) is 0. The van der Waals surface area contributed by atoms with E-state index in [1.807, 2.05) is 0 Å². The lowest BCUT2D eigenvalue weighted by molar-refractivity contribution is -0.135. The van der Waals surface area contributed by atoms with E-state index < -0.39 is 0 Å². The van der Waals surface area contributed by atoms with Crippen LogP contribution in [0.5, 0.6) is 0 Å². The second-order valence-corrected chi connectivity index (χ2v) is 2.00. The van der Waals surface area contributed by atoms with Gasteiger partial charge in [-0.05, 0) is 0 Å². The maximum absolute atomic E-state index is 10.8. The summed E-state index contributed by atoms with van der Waals surface area (Å²) < 4.78 is 0. The smallest absolute Gasteiger partial charge is 0.233 e. The van der Waals surface area contributed by atoms with Crippen molar-refractivity contribution in [2.45, 2.75) is 12.8 Å². The number of nitrogens with two attached hydrogens (primary N) is 1. The van der Waals surface area contributed by atoms with Crippen molar-refractivity contribution in [2.75, 3.05) is 0 Å². The van der Waals surface area contributed by atoms with Gasteiger partial charge >= 0.3 is 0 Å². The normalized spacial score (nSPS) is 19.4. The average Bonchev–Trinajstić information content (AvgIpc) is 2.20. The second-order valence-electron chi connectivity index (χ2n) is 2.00. The van der Waals surface area contributed by atoms with E-state index in [-0.39, 0.29) is 11.8 Å². The van der Waals surface area contributed by atoms with Gasteiger partial charge in [-0.3, -0.25) is 14.5 Å². The van der Waals surface area contributed by atoms with Crippen LogP contribution in [0.15, 0.2) is 12.4 Å². The third-order valence-corrected chi connectivity index (χ3v) is 1.33. The number of amides is 2. The molecule has 54 valence electrons. The van der Waals surface area contributed by atoms with Gasteiger partial charge in [-0.15, -0.1) is 0 Å². The van der Waals surface area contributed by atoms with E-state index in [0.717, 1.165) is 4.90 Å². The molecule has 1 aliphatic rings. The van der Waals surface area contributed by atoms with E-state index in [1.54, 1.807) is 0 Å². The first-order valence-electron chi connectivity index (χ1n) is 2.99. The topological polar surface area (TPSA) is 63.4 Å². The molecule has 0 aromatic rings. The third kappa shape index (κ3) is 1.00. The maximum atomic E-state index is 10.8. The summed E-state index contributed by atoms with van der Waals surface area (Å²) in [5.41, 5.74) is 5.01. The zero-order valence-corrected chi connectivity index (χ0v) is 5.41. The Kier molecular flexibility index (Phi) is 1.71. The molecule has 0 aromatic carbocycles. The van der Waals surface area contributed by atoms with Crippen LogP contribution in [0.1, 0.15) is 12.8 Å². The van der Waals surface area contributed by atoms with Crippen LogP contribution >= 0.6 is 0 Å². The first-order valence-corrected chi connectivity index (χ1v) is 2.99. The van der Waals surface area contributed by atoms with Gasteiger partial charge in [0.15, 0.2) is 0 Å². The number of hydrogen-bond acceptors (Lipinski definition) is 3. The number of imide groups is 1. The molecule has 0 radical (unpaired) electrons. The lowest BCUT2D eigenvalue weighted by Gasteiger charge is -2.04. The lowest BCUT2D eigenvalue weighted by atomic mass is 10.4. The Balaban J connectivity index is 2.72. The molecule has 0 atom stereocenters. The summed E-state index contributed by atoms with van der Waals surface area (Å²) in [5.74, 6) is -0.349. The van der Waals surface area contributed by atoms with Crippen molar-refractivity contribution in [1.29, 1.82) is 0 Å². The molecule has 4 nitrogen and oxygen atoms in total. The minimum absolute atomic E-state index is 0.174. The highest BCUT2D eigenvalue weighted by atomic mass is 16.2. The molecule has 4 heteroatoms. The van der Waals surface area contributed by atoms with Crippen molar-refractivity contribution in [3.63, 3.8) is 0 Å². The molecule has 1 heterocycles. The standard InChI is InChI=1S/C6H8N2O2/c7-3-4-8-5(9)1-2-6(8)10/h3-4H,1-2,7H2. The SMILES string of the molecule is NC=CN1C(=O)CCC1=O. The summed E-state index contributed by atoms with van der Waals surface area (Å²) in [4.78, 5) is 22.6. The van der Waals surface area contributed by atoms with E-state index in [2.05, 4.69) is 0 Å². The Labute approximate surface area is 58.3 Å². The summed E-state index contributed by atoms with van der Waals surface area (Å²) in [5, 5.41) is 0. The van der Waals surface area contributed by atoms with Crippen molar-refractivity contribution < 1.29 is 9.59 Å². The molecule has 0 unspecified atom stereocenters. The van der Waals surface area contributed by atoms with Crippen LogP contribution in [0.25, 0.3) is 0 Å². The molecule has 2 amide bonds. The lowest BCUT2D eigenvalue weighted by Crippen LogP contribution is -2.22. The molecule has 1 aliphatic heterocycles. The van der Waals surface area contributed by atoms with Gasteiger partial charge in [0.05, 0.1) is 0 Å². The number of nitrogens with zero attached hydrogens (tertiary/aromatic N) is 1. The van der Waals surface area contributed by atoms with E-state index in [1.165, 1.54) is 12.4 Å². The highest BCUT2D eigenvalue weighted by Crippen LogP contribution is 2.10. The Hall–Kier alpha value is -1.32. The predicted octanol–water partition coefficient (Wildman–Crippen LogP) is -0.435. The van der Waals surface area contributed by atoms with Crippen LogP contribution in [0.3, 0.4) is 0 Å². The van der Waals surface area contributed by atoms with Gasteiger partial charge in [0.2, 0.25) is 11.8 Å². The zero-order valence-electron chi connectivity index (χ0n) is 5.41. The third-order valence-electron chi connectivity index (χ3n) is 1.33. The molecule has 1 saturated heterocycles. The van der Waals surface area contributed by atoms with Crippen LogP contribution in [0.4, 0.5) is 0 Å². The monoisotopic (exact) mass is 140 g/mol.